The number of fused-ring (bicyclic) bond motifs is 1. The van der Waals surface area contributed by atoms with Crippen LogP contribution in [-0.4, -0.2) is 53.2 Å². The van der Waals surface area contributed by atoms with Crippen LogP contribution in [0.2, 0.25) is 0 Å². The zero-order valence-electron chi connectivity index (χ0n) is 16.6. The first-order valence-corrected chi connectivity index (χ1v) is 11.9. The van der Waals surface area contributed by atoms with Gasteiger partial charge in [-0.2, -0.15) is 18.3 Å². The number of alkyl halides is 3. The van der Waals surface area contributed by atoms with Crippen molar-refractivity contribution < 1.29 is 25.8 Å². The normalized spacial score (nSPS) is 13.5. The molecule has 0 aliphatic heterocycles. The van der Waals surface area contributed by atoms with Crippen molar-refractivity contribution >= 4 is 31.7 Å². The fourth-order valence-corrected chi connectivity index (χ4v) is 4.79. The Morgan fingerprint density at radius 2 is 1.88 bits per heavy atom. The van der Waals surface area contributed by atoms with Crippen LogP contribution in [0.15, 0.2) is 52.8 Å². The summed E-state index contributed by atoms with van der Waals surface area (Å²) < 4.78 is 78.6. The van der Waals surface area contributed by atoms with Crippen LogP contribution in [-0.2, 0) is 27.7 Å². The van der Waals surface area contributed by atoms with Crippen LogP contribution in [0, 0.1) is 0 Å². The first-order valence-electron chi connectivity index (χ1n) is 9.07. The van der Waals surface area contributed by atoms with E-state index in [4.69, 9.17) is 0 Å². The Labute approximate surface area is 182 Å². The molecule has 0 aliphatic carbocycles. The molecule has 3 aromatic heterocycles. The number of halogens is 3. The average Bonchev–Trinajstić information content (AvgIpc) is 3.40. The van der Waals surface area contributed by atoms with Gasteiger partial charge in [0.15, 0.2) is 32.3 Å². The van der Waals surface area contributed by atoms with Gasteiger partial charge in [-0.25, -0.2) is 32.3 Å². The predicted molar refractivity (Wildman–Crippen MR) is 109 cm³/mol. The molecule has 4 aromatic rings. The maximum absolute atomic E-state index is 12.9. The van der Waals surface area contributed by atoms with E-state index in [0.29, 0.717) is 5.52 Å². The SMILES string of the molecule is CCS(=O)(=O)c1ccc(-n2cncn2)nc1-c1nc2cc(S(=O)C(F)(F)F)ccc2n1C. The molecule has 32 heavy (non-hydrogen) atoms. The van der Waals surface area contributed by atoms with Crippen molar-refractivity contribution in [3.63, 3.8) is 0 Å². The monoisotopic (exact) mass is 484 g/mol. The van der Waals surface area contributed by atoms with Crippen molar-refractivity contribution in [1.29, 1.82) is 0 Å². The second-order valence-corrected chi connectivity index (χ2v) is 10.3. The number of hydrogen-bond donors (Lipinski definition) is 0. The lowest BCUT2D eigenvalue weighted by atomic mass is 10.3. The van der Waals surface area contributed by atoms with Gasteiger partial charge in [0, 0.05) is 7.05 Å². The lowest BCUT2D eigenvalue weighted by Crippen LogP contribution is -2.16. The number of hydrogen-bond acceptors (Lipinski definition) is 7. The first-order chi connectivity index (χ1) is 15.0. The molecular formula is C18H15F3N6O3S2. The molecule has 0 N–H and O–H groups in total. The molecule has 0 saturated heterocycles. The zero-order chi connectivity index (χ0) is 23.3. The maximum Gasteiger partial charge on any atom is 0.475 e. The van der Waals surface area contributed by atoms with Gasteiger partial charge in [-0.1, -0.05) is 6.92 Å². The van der Waals surface area contributed by atoms with E-state index in [2.05, 4.69) is 20.1 Å². The van der Waals surface area contributed by atoms with Crippen LogP contribution in [0.4, 0.5) is 13.2 Å². The predicted octanol–water partition coefficient (Wildman–Crippen LogP) is 2.64. The van der Waals surface area contributed by atoms with Gasteiger partial charge in [-0.05, 0) is 30.3 Å². The average molecular weight is 484 g/mol. The minimum atomic E-state index is -4.92. The molecule has 0 aliphatic rings. The molecule has 0 radical (unpaired) electrons. The van der Waals surface area contributed by atoms with Crippen molar-refractivity contribution in [2.24, 2.45) is 7.05 Å². The van der Waals surface area contributed by atoms with Gasteiger partial charge in [-0.3, -0.25) is 0 Å². The highest BCUT2D eigenvalue weighted by Gasteiger charge is 2.38. The Morgan fingerprint density at radius 3 is 2.50 bits per heavy atom. The fourth-order valence-electron chi connectivity index (χ4n) is 3.10. The molecular weight excluding hydrogens is 469 g/mol. The molecule has 1 aromatic carbocycles. The number of aryl methyl sites for hydroxylation is 1. The first kappa shape index (κ1) is 22.1. The van der Waals surface area contributed by atoms with E-state index in [1.165, 1.54) is 47.0 Å². The van der Waals surface area contributed by atoms with E-state index in [1.807, 2.05) is 0 Å². The number of pyridine rings is 1. The van der Waals surface area contributed by atoms with Crippen LogP contribution in [0.5, 0.6) is 0 Å². The second kappa shape index (κ2) is 7.78. The Bertz CT molecular complexity index is 1450. The van der Waals surface area contributed by atoms with Crippen LogP contribution < -0.4 is 0 Å². The Balaban J connectivity index is 1.95. The number of nitrogens with zero attached hydrogens (tertiary/aromatic N) is 6. The molecule has 9 nitrogen and oxygen atoms in total. The summed E-state index contributed by atoms with van der Waals surface area (Å²) in [5, 5.41) is 3.98. The van der Waals surface area contributed by atoms with Crippen molar-refractivity contribution in [3.8, 4) is 17.3 Å². The minimum Gasteiger partial charge on any atom is -0.326 e. The third kappa shape index (κ3) is 3.79. The largest absolute Gasteiger partial charge is 0.475 e. The van der Waals surface area contributed by atoms with Crippen LogP contribution >= 0.6 is 0 Å². The standard InChI is InChI=1S/C18H15F3N6O3S2/c1-3-32(29,30)14-6-7-15(27-10-22-9-23-27)25-16(14)17-24-12-8-11(31(28)18(19,20)21)4-5-13(12)26(17)2/h4-10H,3H2,1-2H3. The summed E-state index contributed by atoms with van der Waals surface area (Å²) in [7, 11) is -5.36. The summed E-state index contributed by atoms with van der Waals surface area (Å²) in [6, 6.07) is 6.35. The van der Waals surface area contributed by atoms with E-state index in [0.717, 1.165) is 12.1 Å². The summed E-state index contributed by atoms with van der Waals surface area (Å²) >= 11 is 0. The topological polar surface area (TPSA) is 113 Å². The van der Waals surface area contributed by atoms with E-state index >= 15 is 0 Å². The molecule has 4 rings (SSSR count). The molecule has 0 saturated carbocycles. The summed E-state index contributed by atoms with van der Waals surface area (Å²) in [6.07, 6.45) is 2.67. The van der Waals surface area contributed by atoms with Crippen LogP contribution in [0.25, 0.3) is 28.4 Å². The number of aromatic nitrogens is 6. The molecule has 1 atom stereocenters. The number of benzene rings is 1. The van der Waals surface area contributed by atoms with Crippen molar-refractivity contribution in [1.82, 2.24) is 29.3 Å². The molecule has 168 valence electrons. The quantitative estimate of drug-likeness (QED) is 0.428. The third-order valence-electron chi connectivity index (χ3n) is 4.70. The van der Waals surface area contributed by atoms with Gasteiger partial charge >= 0.3 is 5.51 Å². The molecule has 0 fully saturated rings. The van der Waals surface area contributed by atoms with Gasteiger partial charge < -0.3 is 4.57 Å². The zero-order valence-corrected chi connectivity index (χ0v) is 18.2. The smallest absolute Gasteiger partial charge is 0.326 e. The summed E-state index contributed by atoms with van der Waals surface area (Å²) in [6.45, 7) is 1.48. The molecule has 1 unspecified atom stereocenters. The van der Waals surface area contributed by atoms with Gasteiger partial charge in [-0.15, -0.1) is 0 Å². The van der Waals surface area contributed by atoms with E-state index < -0.39 is 31.0 Å². The number of rotatable bonds is 5. The van der Waals surface area contributed by atoms with Crippen molar-refractivity contribution in [3.05, 3.63) is 43.0 Å². The van der Waals surface area contributed by atoms with E-state index in [-0.39, 0.29) is 33.5 Å². The third-order valence-corrected chi connectivity index (χ3v) is 7.56. The van der Waals surface area contributed by atoms with Gasteiger partial charge in [0.1, 0.15) is 18.3 Å². The Hall–Kier alpha value is -3.13. The van der Waals surface area contributed by atoms with Crippen molar-refractivity contribution in [2.75, 3.05) is 5.75 Å². The highest BCUT2D eigenvalue weighted by molar-refractivity contribution is 7.91. The summed E-state index contributed by atoms with van der Waals surface area (Å²) in [4.78, 5) is 12.0. The van der Waals surface area contributed by atoms with Gasteiger partial charge in [0.05, 0.1) is 26.6 Å². The Kier molecular flexibility index (Phi) is 5.36. The number of imidazole rings is 1. The molecule has 3 heterocycles. The van der Waals surface area contributed by atoms with Crippen LogP contribution in [0.1, 0.15) is 6.92 Å². The Morgan fingerprint density at radius 1 is 1.12 bits per heavy atom. The van der Waals surface area contributed by atoms with Gasteiger partial charge in [0.2, 0.25) is 0 Å². The molecule has 0 amide bonds. The fraction of sp³-hybridized carbons (Fsp3) is 0.222. The second-order valence-electron chi connectivity index (χ2n) is 6.62. The molecule has 14 heteroatoms. The minimum absolute atomic E-state index is 0.0112. The lowest BCUT2D eigenvalue weighted by molar-refractivity contribution is -0.0384. The highest BCUT2D eigenvalue weighted by Crippen LogP contribution is 2.32. The van der Waals surface area contributed by atoms with Crippen LogP contribution in [0.3, 0.4) is 0 Å². The molecule has 0 spiro atoms. The maximum atomic E-state index is 12.9. The number of sulfone groups is 1. The van der Waals surface area contributed by atoms with E-state index in [9.17, 15) is 25.8 Å². The lowest BCUT2D eigenvalue weighted by Gasteiger charge is -2.11. The summed E-state index contributed by atoms with van der Waals surface area (Å²) in [5.41, 5.74) is -4.38. The summed E-state index contributed by atoms with van der Waals surface area (Å²) in [5.74, 6) is 0.200. The van der Waals surface area contributed by atoms with Crippen molar-refractivity contribution in [2.45, 2.75) is 22.2 Å². The van der Waals surface area contributed by atoms with Gasteiger partial charge in [0.25, 0.3) is 0 Å². The molecule has 0 bridgehead atoms. The highest BCUT2D eigenvalue weighted by atomic mass is 32.2. The van der Waals surface area contributed by atoms with E-state index in [1.54, 1.807) is 7.05 Å².